The number of amides is 2. The monoisotopic (exact) mass is 306 g/mol. The van der Waals surface area contributed by atoms with Gasteiger partial charge in [-0.3, -0.25) is 0 Å². The predicted octanol–water partition coefficient (Wildman–Crippen LogP) is 3.44. The van der Waals surface area contributed by atoms with Gasteiger partial charge in [0.15, 0.2) is 0 Å². The van der Waals surface area contributed by atoms with E-state index >= 15 is 0 Å². The quantitative estimate of drug-likeness (QED) is 0.866. The van der Waals surface area contributed by atoms with Crippen LogP contribution in [-0.2, 0) is 4.74 Å². The molecule has 1 N–H and O–H groups in total. The number of carbonyl (C=O) groups is 1. The molecule has 0 spiro atoms. The van der Waals surface area contributed by atoms with Gasteiger partial charge in [0.2, 0.25) is 0 Å². The molecule has 1 aromatic rings. The number of rotatable bonds is 4. The number of carbonyl (C=O) groups excluding carboxylic acids is 1. The van der Waals surface area contributed by atoms with Gasteiger partial charge in [0, 0.05) is 17.1 Å². The molecule has 1 aliphatic carbocycles. The van der Waals surface area contributed by atoms with Gasteiger partial charge in [-0.15, -0.1) is 11.8 Å². The van der Waals surface area contributed by atoms with Crippen molar-refractivity contribution in [1.29, 1.82) is 0 Å². The molecule has 0 radical (unpaired) electrons. The summed E-state index contributed by atoms with van der Waals surface area (Å²) in [6, 6.07) is 8.32. The molecule has 2 fully saturated rings. The molecular formula is C16H22N2O2S. The maximum Gasteiger partial charge on any atom is 0.322 e. The van der Waals surface area contributed by atoms with Gasteiger partial charge in [-0.05, 0) is 42.7 Å². The maximum absolute atomic E-state index is 12.5. The molecule has 1 saturated heterocycles. The molecule has 1 aromatic carbocycles. The molecule has 0 unspecified atom stereocenters. The van der Waals surface area contributed by atoms with Crippen LogP contribution in [0.3, 0.4) is 0 Å². The fraction of sp³-hybridized carbons (Fsp3) is 0.562. The summed E-state index contributed by atoms with van der Waals surface area (Å²) < 4.78 is 5.54. The van der Waals surface area contributed by atoms with Crippen LogP contribution >= 0.6 is 11.8 Å². The van der Waals surface area contributed by atoms with Crippen molar-refractivity contribution in [3.05, 3.63) is 24.3 Å². The zero-order chi connectivity index (χ0) is 14.7. The van der Waals surface area contributed by atoms with Gasteiger partial charge < -0.3 is 15.0 Å². The lowest BCUT2D eigenvalue weighted by Crippen LogP contribution is -2.51. The molecule has 2 amide bonds. The Morgan fingerprint density at radius 2 is 2.33 bits per heavy atom. The lowest BCUT2D eigenvalue weighted by atomic mass is 10.1. The van der Waals surface area contributed by atoms with Crippen LogP contribution < -0.4 is 5.32 Å². The van der Waals surface area contributed by atoms with Gasteiger partial charge in [-0.2, -0.15) is 0 Å². The van der Waals surface area contributed by atoms with E-state index in [0.29, 0.717) is 25.7 Å². The third kappa shape index (κ3) is 3.71. The zero-order valence-corrected chi connectivity index (χ0v) is 13.2. The molecule has 0 aromatic heterocycles. The van der Waals surface area contributed by atoms with Crippen molar-refractivity contribution in [2.24, 2.45) is 5.92 Å². The number of benzene rings is 1. The second-order valence-electron chi connectivity index (χ2n) is 5.56. The Bertz CT molecular complexity index is 505. The molecule has 2 aliphatic rings. The van der Waals surface area contributed by atoms with Crippen LogP contribution in [0.1, 0.15) is 19.8 Å². The van der Waals surface area contributed by atoms with Crippen molar-refractivity contribution in [3.8, 4) is 0 Å². The third-order valence-electron chi connectivity index (χ3n) is 3.99. The van der Waals surface area contributed by atoms with E-state index in [9.17, 15) is 4.79 Å². The maximum atomic E-state index is 12.5. The highest BCUT2D eigenvalue weighted by atomic mass is 32.2. The number of hydrogen-bond acceptors (Lipinski definition) is 3. The summed E-state index contributed by atoms with van der Waals surface area (Å²) in [5.41, 5.74) is 0.875. The van der Waals surface area contributed by atoms with Crippen LogP contribution in [0.4, 0.5) is 10.5 Å². The predicted molar refractivity (Wildman–Crippen MR) is 85.9 cm³/mol. The van der Waals surface area contributed by atoms with Gasteiger partial charge in [0.25, 0.3) is 0 Å². The first-order valence-corrected chi connectivity index (χ1v) is 8.64. The summed E-state index contributed by atoms with van der Waals surface area (Å²) in [7, 11) is 0. The summed E-state index contributed by atoms with van der Waals surface area (Å²) in [5.74, 6) is 1.67. The normalized spacial score (nSPS) is 22.1. The van der Waals surface area contributed by atoms with Crippen molar-refractivity contribution >= 4 is 23.5 Å². The number of anilines is 1. The van der Waals surface area contributed by atoms with Crippen LogP contribution in [0.25, 0.3) is 0 Å². The van der Waals surface area contributed by atoms with Gasteiger partial charge in [0.1, 0.15) is 0 Å². The van der Waals surface area contributed by atoms with Crippen molar-refractivity contribution in [2.45, 2.75) is 30.7 Å². The summed E-state index contributed by atoms with van der Waals surface area (Å²) in [6.07, 6.45) is 2.45. The summed E-state index contributed by atoms with van der Waals surface area (Å²) in [5, 5.41) is 3.04. The van der Waals surface area contributed by atoms with Crippen molar-refractivity contribution in [3.63, 3.8) is 0 Å². The summed E-state index contributed by atoms with van der Waals surface area (Å²) in [4.78, 5) is 15.7. The minimum absolute atomic E-state index is 0.00819. The second-order valence-corrected chi connectivity index (χ2v) is 6.90. The minimum Gasteiger partial charge on any atom is -0.377 e. The topological polar surface area (TPSA) is 41.6 Å². The van der Waals surface area contributed by atoms with Gasteiger partial charge >= 0.3 is 6.03 Å². The molecule has 1 saturated carbocycles. The molecule has 0 bridgehead atoms. The molecule has 114 valence electrons. The molecule has 1 heterocycles. The Balaban J connectivity index is 1.65. The lowest BCUT2D eigenvalue weighted by Gasteiger charge is -2.35. The molecule has 4 nitrogen and oxygen atoms in total. The largest absolute Gasteiger partial charge is 0.377 e. The van der Waals surface area contributed by atoms with E-state index in [2.05, 4.69) is 18.3 Å². The first-order chi connectivity index (χ1) is 10.3. The van der Waals surface area contributed by atoms with Gasteiger partial charge in [-0.1, -0.05) is 13.0 Å². The van der Waals surface area contributed by atoms with E-state index in [-0.39, 0.29) is 12.1 Å². The first kappa shape index (κ1) is 14.7. The van der Waals surface area contributed by atoms with Crippen LogP contribution in [0, 0.1) is 5.92 Å². The van der Waals surface area contributed by atoms with Crippen molar-refractivity contribution in [1.82, 2.24) is 4.90 Å². The average molecular weight is 306 g/mol. The number of hydrogen-bond donors (Lipinski definition) is 1. The zero-order valence-electron chi connectivity index (χ0n) is 12.4. The van der Waals surface area contributed by atoms with E-state index in [1.165, 1.54) is 17.7 Å². The van der Waals surface area contributed by atoms with Crippen LogP contribution in [0.15, 0.2) is 29.2 Å². The highest BCUT2D eigenvalue weighted by Gasteiger charge is 2.39. The SMILES string of the molecule is CCSc1cccc(NC(=O)N2CCOC[C@H]2C2CC2)c1. The van der Waals surface area contributed by atoms with E-state index in [0.717, 1.165) is 11.4 Å². The fourth-order valence-corrected chi connectivity index (χ4v) is 3.49. The first-order valence-electron chi connectivity index (χ1n) is 7.66. The molecule has 1 atom stereocenters. The van der Waals surface area contributed by atoms with E-state index < -0.39 is 0 Å². The smallest absolute Gasteiger partial charge is 0.322 e. The summed E-state index contributed by atoms with van der Waals surface area (Å²) in [6.45, 7) is 4.15. The number of thioether (sulfide) groups is 1. The van der Waals surface area contributed by atoms with E-state index in [1.54, 1.807) is 11.8 Å². The third-order valence-corrected chi connectivity index (χ3v) is 4.86. The fourth-order valence-electron chi connectivity index (χ4n) is 2.77. The molecule has 1 aliphatic heterocycles. The average Bonchev–Trinajstić information content (AvgIpc) is 3.32. The number of nitrogens with zero attached hydrogens (tertiary/aromatic N) is 1. The Hall–Kier alpha value is -1.20. The van der Waals surface area contributed by atoms with Crippen LogP contribution in [0.2, 0.25) is 0 Å². The Labute approximate surface area is 130 Å². The number of nitrogens with one attached hydrogen (secondary N) is 1. The number of urea groups is 1. The van der Waals surface area contributed by atoms with Gasteiger partial charge in [-0.25, -0.2) is 4.79 Å². The Morgan fingerprint density at radius 1 is 1.48 bits per heavy atom. The summed E-state index contributed by atoms with van der Waals surface area (Å²) >= 11 is 1.78. The Morgan fingerprint density at radius 3 is 3.10 bits per heavy atom. The highest BCUT2D eigenvalue weighted by molar-refractivity contribution is 7.99. The van der Waals surface area contributed by atoms with Gasteiger partial charge in [0.05, 0.1) is 19.3 Å². The standard InChI is InChI=1S/C16H22N2O2S/c1-2-21-14-5-3-4-13(10-14)17-16(19)18-8-9-20-11-15(18)12-6-7-12/h3-5,10,12,15H,2,6-9,11H2,1H3,(H,17,19)/t15-/m0/s1. The number of morpholine rings is 1. The van der Waals surface area contributed by atoms with Crippen molar-refractivity contribution in [2.75, 3.05) is 30.8 Å². The Kier molecular flexibility index (Phi) is 4.70. The van der Waals surface area contributed by atoms with Crippen LogP contribution in [-0.4, -0.2) is 42.5 Å². The molecule has 21 heavy (non-hydrogen) atoms. The molecule has 3 rings (SSSR count). The van der Waals surface area contributed by atoms with Crippen LogP contribution in [0.5, 0.6) is 0 Å². The second kappa shape index (κ2) is 6.71. The van der Waals surface area contributed by atoms with Crippen molar-refractivity contribution < 1.29 is 9.53 Å². The molecular weight excluding hydrogens is 284 g/mol. The van der Waals surface area contributed by atoms with E-state index in [4.69, 9.17) is 4.74 Å². The number of ether oxygens (including phenoxy) is 1. The molecule has 5 heteroatoms. The van der Waals surface area contributed by atoms with E-state index in [1.807, 2.05) is 23.1 Å². The lowest BCUT2D eigenvalue weighted by molar-refractivity contribution is 0.00773. The minimum atomic E-state index is 0.00819. The highest BCUT2D eigenvalue weighted by Crippen LogP contribution is 2.36.